The van der Waals surface area contributed by atoms with E-state index in [1.165, 1.54) is 32.3 Å². The molecular formula is C12H18O6. The van der Waals surface area contributed by atoms with Crippen LogP contribution in [0.2, 0.25) is 0 Å². The summed E-state index contributed by atoms with van der Waals surface area (Å²) >= 11 is 0. The minimum absolute atomic E-state index is 0.0359. The summed E-state index contributed by atoms with van der Waals surface area (Å²) in [4.78, 5) is 29.9. The Kier molecular flexibility index (Phi) is 6.92. The molecule has 0 amide bonds. The zero-order chi connectivity index (χ0) is 14.2. The van der Waals surface area contributed by atoms with E-state index in [1.807, 2.05) is 6.92 Å². The number of hydrogen-bond acceptors (Lipinski definition) is 4. The quantitative estimate of drug-likeness (QED) is 0.588. The van der Waals surface area contributed by atoms with Crippen LogP contribution < -0.4 is 0 Å². The van der Waals surface area contributed by atoms with Crippen molar-refractivity contribution in [2.75, 3.05) is 13.7 Å². The summed E-state index contributed by atoms with van der Waals surface area (Å²) in [5.74, 6) is -2.06. The van der Waals surface area contributed by atoms with Crippen LogP contribution in [0, 0.1) is 5.41 Å². The van der Waals surface area contributed by atoms with Crippen LogP contribution in [0.4, 0.5) is 0 Å². The van der Waals surface area contributed by atoms with Crippen molar-refractivity contribution >= 4 is 11.9 Å². The zero-order valence-electron chi connectivity index (χ0n) is 10.7. The van der Waals surface area contributed by atoms with E-state index in [0.717, 1.165) is 0 Å². The van der Waals surface area contributed by atoms with Gasteiger partial charge in [0.1, 0.15) is 0 Å². The zero-order valence-corrected chi connectivity index (χ0v) is 10.7. The van der Waals surface area contributed by atoms with Crippen LogP contribution in [0.25, 0.3) is 0 Å². The minimum Gasteiger partial charge on any atom is -0.481 e. The summed E-state index contributed by atoms with van der Waals surface area (Å²) in [7, 11) is 1.49. The molecule has 0 heterocycles. The monoisotopic (exact) mass is 258 g/mol. The molecule has 1 atom stereocenters. The third kappa shape index (κ3) is 5.11. The highest BCUT2D eigenvalue weighted by Gasteiger charge is 2.34. The summed E-state index contributed by atoms with van der Waals surface area (Å²) in [5.41, 5.74) is -0.949. The third-order valence-corrected chi connectivity index (χ3v) is 2.32. The van der Waals surface area contributed by atoms with Crippen LogP contribution >= 0.6 is 0 Å². The van der Waals surface area contributed by atoms with Gasteiger partial charge in [-0.15, -0.1) is 0 Å². The number of carboxylic acids is 2. The summed E-state index contributed by atoms with van der Waals surface area (Å²) in [5, 5.41) is 17.5. The number of rotatable bonds is 4. The second kappa shape index (κ2) is 7.62. The van der Waals surface area contributed by atoms with Crippen molar-refractivity contribution in [3.8, 4) is 0 Å². The summed E-state index contributed by atoms with van der Waals surface area (Å²) in [6.07, 6.45) is 4.43. The fourth-order valence-electron chi connectivity index (χ4n) is 1.30. The van der Waals surface area contributed by atoms with Crippen LogP contribution in [0.3, 0.4) is 0 Å². The third-order valence-electron chi connectivity index (χ3n) is 2.32. The van der Waals surface area contributed by atoms with E-state index in [2.05, 4.69) is 9.78 Å². The Morgan fingerprint density at radius 2 is 2.06 bits per heavy atom. The lowest BCUT2D eigenvalue weighted by Crippen LogP contribution is -2.28. The summed E-state index contributed by atoms with van der Waals surface area (Å²) in [6.45, 7) is 3.99. The highest BCUT2D eigenvalue weighted by molar-refractivity contribution is 5.90. The maximum absolute atomic E-state index is 10.8. The van der Waals surface area contributed by atoms with E-state index in [-0.39, 0.29) is 12.0 Å². The largest absolute Gasteiger partial charge is 0.481 e. The van der Waals surface area contributed by atoms with Gasteiger partial charge in [0.15, 0.2) is 0 Å². The maximum Gasteiger partial charge on any atom is 0.331 e. The Hall–Kier alpha value is -1.66. The molecule has 1 rings (SSSR count). The number of hydrogen-bond donors (Lipinski definition) is 2. The van der Waals surface area contributed by atoms with Crippen LogP contribution in [0.5, 0.6) is 0 Å². The molecule has 0 fully saturated rings. The van der Waals surface area contributed by atoms with Crippen molar-refractivity contribution in [1.29, 1.82) is 0 Å². The van der Waals surface area contributed by atoms with Crippen molar-refractivity contribution in [3.05, 3.63) is 23.8 Å². The molecular weight excluding hydrogens is 240 g/mol. The first-order chi connectivity index (χ1) is 8.37. The van der Waals surface area contributed by atoms with Crippen LogP contribution in [-0.4, -0.2) is 35.9 Å². The fraction of sp³-hybridized carbons (Fsp3) is 0.500. The molecule has 0 spiro atoms. The van der Waals surface area contributed by atoms with Gasteiger partial charge in [-0.25, -0.2) is 14.6 Å². The molecule has 0 saturated heterocycles. The first kappa shape index (κ1) is 16.3. The summed E-state index contributed by atoms with van der Waals surface area (Å²) in [6, 6.07) is 0. The van der Waals surface area contributed by atoms with Gasteiger partial charge >= 0.3 is 11.9 Å². The van der Waals surface area contributed by atoms with Gasteiger partial charge in [0.25, 0.3) is 0 Å². The molecule has 0 aliphatic heterocycles. The molecule has 6 heteroatoms. The van der Waals surface area contributed by atoms with E-state index in [9.17, 15) is 9.59 Å². The molecule has 0 radical (unpaired) electrons. The fourth-order valence-corrected chi connectivity index (χ4v) is 1.30. The van der Waals surface area contributed by atoms with Crippen molar-refractivity contribution in [2.45, 2.75) is 20.3 Å². The number of allylic oxidation sites excluding steroid dienone is 2. The van der Waals surface area contributed by atoms with E-state index in [1.54, 1.807) is 0 Å². The standard InChI is InChI=1S/C9H10O4.C3H8O2/c1-9(8(12)13)4-2-3-6(5-9)7(10)11;1-3-5-4-2/h2-4H,5H2,1H3,(H,10,11)(H,12,13);3H2,1-2H3. The Balaban J connectivity index is 0.000000494. The topological polar surface area (TPSA) is 93.1 Å². The van der Waals surface area contributed by atoms with Gasteiger partial charge in [-0.3, -0.25) is 4.79 Å². The van der Waals surface area contributed by atoms with Gasteiger partial charge in [0.05, 0.1) is 19.1 Å². The molecule has 0 aromatic rings. The van der Waals surface area contributed by atoms with Gasteiger partial charge in [-0.2, -0.15) is 0 Å². The Morgan fingerprint density at radius 1 is 1.44 bits per heavy atom. The Morgan fingerprint density at radius 3 is 2.39 bits per heavy atom. The normalized spacial score (nSPS) is 21.6. The molecule has 0 aromatic heterocycles. The average Bonchev–Trinajstić information content (AvgIpc) is 2.30. The maximum atomic E-state index is 10.8. The van der Waals surface area contributed by atoms with Gasteiger partial charge in [-0.1, -0.05) is 18.2 Å². The lowest BCUT2D eigenvalue weighted by atomic mass is 9.80. The van der Waals surface area contributed by atoms with Crippen molar-refractivity contribution in [1.82, 2.24) is 0 Å². The molecule has 0 saturated carbocycles. The lowest BCUT2D eigenvalue weighted by molar-refractivity contribution is -0.268. The molecule has 1 aliphatic rings. The Bertz CT molecular complexity index is 356. The van der Waals surface area contributed by atoms with E-state index in [4.69, 9.17) is 10.2 Å². The number of aliphatic carboxylic acids is 2. The molecule has 6 nitrogen and oxygen atoms in total. The molecule has 1 unspecified atom stereocenters. The molecule has 0 aromatic carbocycles. The average molecular weight is 258 g/mol. The second-order valence-electron chi connectivity index (χ2n) is 3.83. The van der Waals surface area contributed by atoms with Gasteiger partial charge in [-0.05, 0) is 20.3 Å². The van der Waals surface area contributed by atoms with E-state index < -0.39 is 17.4 Å². The highest BCUT2D eigenvalue weighted by Crippen LogP contribution is 2.31. The molecule has 2 N–H and O–H groups in total. The van der Waals surface area contributed by atoms with Crippen molar-refractivity contribution in [2.24, 2.45) is 5.41 Å². The molecule has 1 aliphatic carbocycles. The molecule has 18 heavy (non-hydrogen) atoms. The number of carbonyl (C=O) groups is 2. The van der Waals surface area contributed by atoms with Gasteiger partial charge in [0, 0.05) is 5.57 Å². The lowest BCUT2D eigenvalue weighted by Gasteiger charge is -2.23. The van der Waals surface area contributed by atoms with Crippen LogP contribution in [-0.2, 0) is 19.4 Å². The second-order valence-corrected chi connectivity index (χ2v) is 3.83. The SMILES string of the molecule is CC1(C(=O)O)C=CC=C(C(=O)O)C1.CCOOC. The predicted octanol–water partition coefficient (Wildman–Crippen LogP) is 1.63. The van der Waals surface area contributed by atoms with Gasteiger partial charge < -0.3 is 10.2 Å². The highest BCUT2D eigenvalue weighted by atomic mass is 17.2. The predicted molar refractivity (Wildman–Crippen MR) is 63.9 cm³/mol. The number of carboxylic acid groups (broad SMARTS) is 2. The molecule has 102 valence electrons. The van der Waals surface area contributed by atoms with E-state index >= 15 is 0 Å². The van der Waals surface area contributed by atoms with Crippen molar-refractivity contribution in [3.63, 3.8) is 0 Å². The van der Waals surface area contributed by atoms with Crippen LogP contribution in [0.15, 0.2) is 23.8 Å². The van der Waals surface area contributed by atoms with Crippen molar-refractivity contribution < 1.29 is 29.6 Å². The Labute approximate surface area is 105 Å². The van der Waals surface area contributed by atoms with E-state index in [0.29, 0.717) is 6.61 Å². The molecule has 0 bridgehead atoms. The smallest absolute Gasteiger partial charge is 0.331 e. The first-order valence-electron chi connectivity index (χ1n) is 5.38. The summed E-state index contributed by atoms with van der Waals surface area (Å²) < 4.78 is 0. The van der Waals surface area contributed by atoms with Gasteiger partial charge in [0.2, 0.25) is 0 Å². The minimum atomic E-state index is -1.08. The first-order valence-corrected chi connectivity index (χ1v) is 5.38. The van der Waals surface area contributed by atoms with Crippen LogP contribution in [0.1, 0.15) is 20.3 Å².